The van der Waals surface area contributed by atoms with Crippen LogP contribution >= 0.6 is 22.3 Å². The van der Waals surface area contributed by atoms with Crippen LogP contribution in [0.2, 0.25) is 5.02 Å². The second-order valence-corrected chi connectivity index (χ2v) is 5.78. The summed E-state index contributed by atoms with van der Waals surface area (Å²) < 4.78 is 22.2. The lowest BCUT2D eigenvalue weighted by Crippen LogP contribution is -1.97. The van der Waals surface area contributed by atoms with Crippen LogP contribution in [0.15, 0.2) is 17.0 Å². The molecule has 0 N–H and O–H groups in total. The molecule has 1 aromatic carbocycles. The monoisotopic (exact) mass is 263 g/mol. The predicted octanol–water partition coefficient (Wildman–Crippen LogP) is 2.70. The molecule has 1 aromatic rings. The molecule has 0 heterocycles. The maximum absolute atomic E-state index is 11.1. The Labute approximate surface area is 97.7 Å². The third-order valence-electron chi connectivity index (χ3n) is 1.92. The topological polar surface area (TPSA) is 57.9 Å². The molecule has 6 heteroatoms. The molecular weight excluding hydrogens is 257 g/mol. The highest BCUT2D eigenvalue weighted by molar-refractivity contribution is 8.13. The second kappa shape index (κ2) is 4.40. The van der Waals surface area contributed by atoms with Crippen LogP contribution in [0.3, 0.4) is 0 Å². The molecule has 3 nitrogen and oxygen atoms in total. The number of halogens is 2. The summed E-state index contributed by atoms with van der Waals surface area (Å²) in [5.74, 6) is 0. The molecule has 0 saturated carbocycles. The molecule has 0 radical (unpaired) electrons. The Balaban J connectivity index is 3.55. The van der Waals surface area contributed by atoms with E-state index in [-0.39, 0.29) is 9.92 Å². The summed E-state index contributed by atoms with van der Waals surface area (Å²) in [6, 6.07) is 4.60. The third kappa shape index (κ3) is 2.63. The van der Waals surface area contributed by atoms with Crippen molar-refractivity contribution >= 4 is 31.3 Å². The van der Waals surface area contributed by atoms with E-state index in [0.717, 1.165) is 0 Å². The van der Waals surface area contributed by atoms with Gasteiger partial charge in [-0.2, -0.15) is 5.26 Å². The van der Waals surface area contributed by atoms with Gasteiger partial charge in [0.2, 0.25) is 0 Å². The van der Waals surface area contributed by atoms with Gasteiger partial charge in [0.1, 0.15) is 4.90 Å². The van der Waals surface area contributed by atoms with Crippen molar-refractivity contribution in [2.45, 2.75) is 18.2 Å². The quantitative estimate of drug-likeness (QED) is 0.771. The van der Waals surface area contributed by atoms with Gasteiger partial charge in [-0.15, -0.1) is 0 Å². The van der Waals surface area contributed by atoms with Gasteiger partial charge in [0.15, 0.2) is 0 Å². The van der Waals surface area contributed by atoms with E-state index < -0.39 is 9.05 Å². The van der Waals surface area contributed by atoms with E-state index in [2.05, 4.69) is 0 Å². The van der Waals surface area contributed by atoms with Gasteiger partial charge in [-0.1, -0.05) is 18.5 Å². The number of rotatable bonds is 2. The molecule has 80 valence electrons. The maximum Gasteiger partial charge on any atom is 0.262 e. The molecule has 0 unspecified atom stereocenters. The minimum atomic E-state index is -3.86. The first kappa shape index (κ1) is 12.3. The molecule has 0 saturated heterocycles. The normalized spacial score (nSPS) is 11.1. The van der Waals surface area contributed by atoms with Crippen molar-refractivity contribution in [1.82, 2.24) is 0 Å². The number of benzene rings is 1. The fraction of sp³-hybridized carbons (Fsp3) is 0.222. The first-order chi connectivity index (χ1) is 6.90. The minimum Gasteiger partial charge on any atom is -0.207 e. The van der Waals surface area contributed by atoms with Gasteiger partial charge in [0.25, 0.3) is 9.05 Å². The average molecular weight is 264 g/mol. The number of nitriles is 1. The second-order valence-electron chi connectivity index (χ2n) is 2.84. The van der Waals surface area contributed by atoms with Gasteiger partial charge in [-0.25, -0.2) is 8.42 Å². The molecule has 0 aliphatic heterocycles. The molecular formula is C9H7Cl2NO2S. The fourth-order valence-electron chi connectivity index (χ4n) is 1.18. The van der Waals surface area contributed by atoms with E-state index in [1.54, 1.807) is 0 Å². The largest absolute Gasteiger partial charge is 0.262 e. The fourth-order valence-corrected chi connectivity index (χ4v) is 2.72. The summed E-state index contributed by atoms with van der Waals surface area (Å²) in [5.41, 5.74) is 0.979. The van der Waals surface area contributed by atoms with Gasteiger partial charge < -0.3 is 0 Å². The van der Waals surface area contributed by atoms with Crippen molar-refractivity contribution in [2.75, 3.05) is 0 Å². The van der Waals surface area contributed by atoms with Crippen LogP contribution in [0.1, 0.15) is 18.1 Å². The van der Waals surface area contributed by atoms with E-state index in [0.29, 0.717) is 17.5 Å². The van der Waals surface area contributed by atoms with Crippen molar-refractivity contribution in [2.24, 2.45) is 0 Å². The van der Waals surface area contributed by atoms with Crippen LogP contribution in [0.25, 0.3) is 0 Å². The van der Waals surface area contributed by atoms with Crippen LogP contribution < -0.4 is 0 Å². The Morgan fingerprint density at radius 3 is 2.47 bits per heavy atom. The van der Waals surface area contributed by atoms with Crippen molar-refractivity contribution < 1.29 is 8.42 Å². The Morgan fingerprint density at radius 1 is 1.47 bits per heavy atom. The van der Waals surface area contributed by atoms with Crippen LogP contribution in [-0.4, -0.2) is 8.42 Å². The van der Waals surface area contributed by atoms with Crippen LogP contribution in [0.5, 0.6) is 0 Å². The minimum absolute atomic E-state index is 0.0289. The average Bonchev–Trinajstić information content (AvgIpc) is 2.15. The molecule has 0 aliphatic carbocycles. The van der Waals surface area contributed by atoms with Crippen LogP contribution in [0, 0.1) is 11.3 Å². The molecule has 0 spiro atoms. The zero-order valence-corrected chi connectivity index (χ0v) is 10.1. The number of hydrogen-bond acceptors (Lipinski definition) is 3. The molecule has 0 atom stereocenters. The molecule has 0 aromatic heterocycles. The lowest BCUT2D eigenvalue weighted by Gasteiger charge is -2.05. The maximum atomic E-state index is 11.1. The van der Waals surface area contributed by atoms with Crippen LogP contribution in [-0.2, 0) is 15.5 Å². The molecule has 0 amide bonds. The van der Waals surface area contributed by atoms with Crippen molar-refractivity contribution in [3.8, 4) is 6.07 Å². The predicted molar refractivity (Wildman–Crippen MR) is 58.6 cm³/mol. The van der Waals surface area contributed by atoms with E-state index in [1.807, 2.05) is 13.0 Å². The molecule has 0 fully saturated rings. The summed E-state index contributed by atoms with van der Waals surface area (Å²) in [5, 5.41) is 8.75. The lowest BCUT2D eigenvalue weighted by molar-refractivity contribution is 0.609. The Morgan fingerprint density at radius 2 is 2.07 bits per heavy atom. The Kier molecular flexibility index (Phi) is 3.61. The highest BCUT2D eigenvalue weighted by Crippen LogP contribution is 2.28. The van der Waals surface area contributed by atoms with Gasteiger partial charge in [-0.05, 0) is 24.1 Å². The van der Waals surface area contributed by atoms with Crippen molar-refractivity contribution in [3.63, 3.8) is 0 Å². The third-order valence-corrected chi connectivity index (χ3v) is 3.71. The zero-order valence-electron chi connectivity index (χ0n) is 7.79. The van der Waals surface area contributed by atoms with E-state index in [9.17, 15) is 8.42 Å². The smallest absolute Gasteiger partial charge is 0.207 e. The molecule has 0 bridgehead atoms. The first-order valence-corrected chi connectivity index (χ1v) is 6.76. The Bertz CT molecular complexity index is 532. The summed E-state index contributed by atoms with van der Waals surface area (Å²) in [6.45, 7) is 1.81. The van der Waals surface area contributed by atoms with Crippen LogP contribution in [0.4, 0.5) is 0 Å². The summed E-state index contributed by atoms with van der Waals surface area (Å²) in [7, 11) is 1.33. The van der Waals surface area contributed by atoms with Gasteiger partial charge >= 0.3 is 0 Å². The van der Waals surface area contributed by atoms with Gasteiger partial charge in [0, 0.05) is 10.7 Å². The highest BCUT2D eigenvalue weighted by Gasteiger charge is 2.17. The highest BCUT2D eigenvalue weighted by atomic mass is 35.7. The van der Waals surface area contributed by atoms with Gasteiger partial charge in [0.05, 0.1) is 16.7 Å². The zero-order chi connectivity index (χ0) is 11.6. The molecule has 0 aliphatic rings. The number of hydrogen-bond donors (Lipinski definition) is 0. The summed E-state index contributed by atoms with van der Waals surface area (Å²) in [4.78, 5) is -0.151. The van der Waals surface area contributed by atoms with Crippen molar-refractivity contribution in [3.05, 3.63) is 28.3 Å². The van der Waals surface area contributed by atoms with E-state index in [1.165, 1.54) is 12.1 Å². The standard InChI is InChI=1S/C9H7Cl2NO2S/c1-2-6-4-9(15(11,13)14)8(10)3-7(6)5-12/h3-4H,2H2,1H3. The SMILES string of the molecule is CCc1cc(S(=O)(=O)Cl)c(Cl)cc1C#N. The van der Waals surface area contributed by atoms with E-state index in [4.69, 9.17) is 27.5 Å². The van der Waals surface area contributed by atoms with E-state index >= 15 is 0 Å². The summed E-state index contributed by atoms with van der Waals surface area (Å²) in [6.07, 6.45) is 0.541. The van der Waals surface area contributed by atoms with Gasteiger partial charge in [-0.3, -0.25) is 0 Å². The number of aryl methyl sites for hydroxylation is 1. The molecule has 15 heavy (non-hydrogen) atoms. The summed E-state index contributed by atoms with van der Waals surface area (Å²) >= 11 is 5.71. The first-order valence-electron chi connectivity index (χ1n) is 4.07. The Hall–Kier alpha value is -0.760. The van der Waals surface area contributed by atoms with Crippen molar-refractivity contribution in [1.29, 1.82) is 5.26 Å². The molecule has 1 rings (SSSR count). The number of nitrogens with zero attached hydrogens (tertiary/aromatic N) is 1. The lowest BCUT2D eigenvalue weighted by atomic mass is 10.1.